The van der Waals surface area contributed by atoms with Crippen molar-refractivity contribution in [2.24, 2.45) is 5.73 Å². The molecule has 0 aliphatic rings. The lowest BCUT2D eigenvalue weighted by molar-refractivity contribution is 0.399. The van der Waals surface area contributed by atoms with E-state index < -0.39 is 11.9 Å². The normalized spacial score (nSPS) is 12.2. The van der Waals surface area contributed by atoms with Crippen molar-refractivity contribution in [3.8, 4) is 5.75 Å². The van der Waals surface area contributed by atoms with E-state index in [1.54, 1.807) is 24.3 Å². The molecular weight excluding hydrogens is 248 g/mol. The summed E-state index contributed by atoms with van der Waals surface area (Å²) in [5.74, 6) is -0.274. The highest BCUT2D eigenvalue weighted by molar-refractivity contribution is 5.38. The summed E-state index contributed by atoms with van der Waals surface area (Å²) in [6.07, 6.45) is 0.414. The predicted octanol–water partition coefficient (Wildman–Crippen LogP) is 3.22. The number of rotatable bonds is 4. The first-order valence-corrected chi connectivity index (χ1v) is 5.94. The highest BCUT2D eigenvalue weighted by atomic mass is 19.1. The van der Waals surface area contributed by atoms with Gasteiger partial charge in [0.25, 0.3) is 0 Å². The summed E-state index contributed by atoms with van der Waals surface area (Å²) in [5, 5.41) is 0. The van der Waals surface area contributed by atoms with Crippen LogP contribution in [-0.2, 0) is 6.42 Å². The topological polar surface area (TPSA) is 35.2 Å². The summed E-state index contributed by atoms with van der Waals surface area (Å²) in [6, 6.07) is 10.1. The van der Waals surface area contributed by atoms with E-state index in [4.69, 9.17) is 10.5 Å². The zero-order valence-corrected chi connectivity index (χ0v) is 10.6. The first-order valence-electron chi connectivity index (χ1n) is 5.94. The van der Waals surface area contributed by atoms with Crippen LogP contribution in [0.2, 0.25) is 0 Å². The lowest BCUT2D eigenvalue weighted by Crippen LogP contribution is -2.16. The van der Waals surface area contributed by atoms with Crippen LogP contribution in [0.25, 0.3) is 0 Å². The Bertz CT molecular complexity index is 555. The largest absolute Gasteiger partial charge is 0.496 e. The number of benzene rings is 2. The van der Waals surface area contributed by atoms with E-state index in [0.717, 1.165) is 5.56 Å². The smallest absolute Gasteiger partial charge is 0.131 e. The van der Waals surface area contributed by atoms with Gasteiger partial charge in [-0.25, -0.2) is 8.78 Å². The minimum atomic E-state index is -0.540. The van der Waals surface area contributed by atoms with Gasteiger partial charge in [-0.3, -0.25) is 0 Å². The van der Waals surface area contributed by atoms with E-state index in [9.17, 15) is 8.78 Å². The van der Waals surface area contributed by atoms with Crippen molar-refractivity contribution >= 4 is 0 Å². The van der Waals surface area contributed by atoms with Crippen molar-refractivity contribution < 1.29 is 13.5 Å². The van der Waals surface area contributed by atoms with E-state index in [1.807, 2.05) is 0 Å². The second-order valence-electron chi connectivity index (χ2n) is 4.29. The fourth-order valence-corrected chi connectivity index (χ4v) is 2.03. The number of hydrogen-bond donors (Lipinski definition) is 1. The predicted molar refractivity (Wildman–Crippen MR) is 70.0 cm³/mol. The molecule has 0 aliphatic heterocycles. The molecule has 2 aromatic carbocycles. The molecular formula is C15H15F2NO. The molecule has 0 aliphatic carbocycles. The molecule has 0 bridgehead atoms. The van der Waals surface area contributed by atoms with Gasteiger partial charge in [0.15, 0.2) is 0 Å². The fraction of sp³-hybridized carbons (Fsp3) is 0.200. The Morgan fingerprint density at radius 1 is 1.11 bits per heavy atom. The van der Waals surface area contributed by atoms with Crippen molar-refractivity contribution in [1.29, 1.82) is 0 Å². The van der Waals surface area contributed by atoms with Gasteiger partial charge in [-0.05, 0) is 36.2 Å². The van der Waals surface area contributed by atoms with Gasteiger partial charge < -0.3 is 10.5 Å². The third-order valence-corrected chi connectivity index (χ3v) is 2.97. The van der Waals surface area contributed by atoms with E-state index >= 15 is 0 Å². The van der Waals surface area contributed by atoms with Crippen molar-refractivity contribution in [3.63, 3.8) is 0 Å². The minimum Gasteiger partial charge on any atom is -0.496 e. The maximum Gasteiger partial charge on any atom is 0.131 e. The fourth-order valence-electron chi connectivity index (χ4n) is 2.03. The van der Waals surface area contributed by atoms with Crippen LogP contribution in [0.1, 0.15) is 17.2 Å². The van der Waals surface area contributed by atoms with Crippen molar-refractivity contribution in [2.45, 2.75) is 12.5 Å². The lowest BCUT2D eigenvalue weighted by atomic mass is 9.98. The Morgan fingerprint density at radius 3 is 2.42 bits per heavy atom. The van der Waals surface area contributed by atoms with Crippen LogP contribution in [0.3, 0.4) is 0 Å². The molecule has 0 saturated heterocycles. The molecule has 0 fully saturated rings. The van der Waals surface area contributed by atoms with Gasteiger partial charge in [-0.15, -0.1) is 0 Å². The first kappa shape index (κ1) is 13.5. The van der Waals surface area contributed by atoms with Crippen LogP contribution in [0.5, 0.6) is 5.75 Å². The number of nitrogens with two attached hydrogens (primary N) is 1. The summed E-state index contributed by atoms with van der Waals surface area (Å²) < 4.78 is 31.8. The molecule has 0 radical (unpaired) electrons. The van der Waals surface area contributed by atoms with Gasteiger partial charge in [0.2, 0.25) is 0 Å². The number of methoxy groups -OCH3 is 1. The first-order chi connectivity index (χ1) is 9.11. The van der Waals surface area contributed by atoms with Gasteiger partial charge in [0.05, 0.1) is 7.11 Å². The van der Waals surface area contributed by atoms with E-state index in [-0.39, 0.29) is 5.82 Å². The Hall–Kier alpha value is -1.94. The van der Waals surface area contributed by atoms with E-state index in [1.165, 1.54) is 25.3 Å². The van der Waals surface area contributed by atoms with Crippen molar-refractivity contribution in [1.82, 2.24) is 0 Å². The van der Waals surface area contributed by atoms with Gasteiger partial charge in [0.1, 0.15) is 17.4 Å². The molecule has 0 saturated carbocycles. The second-order valence-corrected chi connectivity index (χ2v) is 4.29. The Morgan fingerprint density at radius 2 is 1.79 bits per heavy atom. The summed E-state index contributed by atoms with van der Waals surface area (Å²) in [6.45, 7) is 0. The maximum absolute atomic E-state index is 13.8. The molecule has 19 heavy (non-hydrogen) atoms. The quantitative estimate of drug-likeness (QED) is 0.919. The number of halogens is 2. The van der Waals surface area contributed by atoms with Gasteiger partial charge in [0, 0.05) is 11.6 Å². The Labute approximate surface area is 110 Å². The summed E-state index contributed by atoms with van der Waals surface area (Å²) in [7, 11) is 1.48. The van der Waals surface area contributed by atoms with Gasteiger partial charge in [-0.2, -0.15) is 0 Å². The zero-order chi connectivity index (χ0) is 13.8. The average molecular weight is 263 g/mol. The minimum absolute atomic E-state index is 0.305. The number of hydrogen-bond acceptors (Lipinski definition) is 2. The van der Waals surface area contributed by atoms with Crippen LogP contribution in [-0.4, -0.2) is 7.11 Å². The summed E-state index contributed by atoms with van der Waals surface area (Å²) >= 11 is 0. The third kappa shape index (κ3) is 3.09. The zero-order valence-electron chi connectivity index (χ0n) is 10.6. The summed E-state index contributed by atoms with van der Waals surface area (Å²) in [4.78, 5) is 0. The Balaban J connectivity index is 2.24. The van der Waals surface area contributed by atoms with Crippen LogP contribution in [0.4, 0.5) is 8.78 Å². The molecule has 0 aromatic heterocycles. The van der Waals surface area contributed by atoms with Crippen LogP contribution < -0.4 is 10.5 Å². The lowest BCUT2D eigenvalue weighted by Gasteiger charge is -2.16. The monoisotopic (exact) mass is 263 g/mol. The second kappa shape index (κ2) is 5.80. The molecule has 1 unspecified atom stereocenters. The van der Waals surface area contributed by atoms with Crippen molar-refractivity contribution in [3.05, 3.63) is 65.2 Å². The molecule has 2 aromatic rings. The highest BCUT2D eigenvalue weighted by Crippen LogP contribution is 2.28. The van der Waals surface area contributed by atoms with Crippen LogP contribution in [0, 0.1) is 11.6 Å². The van der Waals surface area contributed by atoms with Crippen LogP contribution in [0.15, 0.2) is 42.5 Å². The molecule has 2 N–H and O–H groups in total. The van der Waals surface area contributed by atoms with E-state index in [0.29, 0.717) is 17.7 Å². The molecule has 2 rings (SSSR count). The van der Waals surface area contributed by atoms with E-state index in [2.05, 4.69) is 0 Å². The molecule has 100 valence electrons. The SMILES string of the molecule is COc1cccc(F)c1C(N)Cc1ccc(F)cc1. The van der Waals surface area contributed by atoms with Crippen LogP contribution >= 0.6 is 0 Å². The maximum atomic E-state index is 13.8. The molecule has 0 amide bonds. The highest BCUT2D eigenvalue weighted by Gasteiger charge is 2.17. The third-order valence-electron chi connectivity index (χ3n) is 2.97. The standard InChI is InChI=1S/C15H15F2NO/c1-19-14-4-2-3-12(17)15(14)13(18)9-10-5-7-11(16)8-6-10/h2-8,13H,9,18H2,1H3. The molecule has 1 atom stereocenters. The summed E-state index contributed by atoms with van der Waals surface area (Å²) in [5.41, 5.74) is 7.22. The van der Waals surface area contributed by atoms with Crippen molar-refractivity contribution in [2.75, 3.05) is 7.11 Å². The molecule has 2 nitrogen and oxygen atoms in total. The molecule has 4 heteroatoms. The van der Waals surface area contributed by atoms with Gasteiger partial charge >= 0.3 is 0 Å². The Kier molecular flexibility index (Phi) is 4.12. The number of ether oxygens (including phenoxy) is 1. The molecule has 0 heterocycles. The van der Waals surface area contributed by atoms with Gasteiger partial charge in [-0.1, -0.05) is 18.2 Å². The average Bonchev–Trinajstić information content (AvgIpc) is 2.40. The molecule has 0 spiro atoms.